The van der Waals surface area contributed by atoms with Crippen LogP contribution in [0.4, 0.5) is 17.5 Å². The van der Waals surface area contributed by atoms with Gasteiger partial charge in [0.15, 0.2) is 5.96 Å². The summed E-state index contributed by atoms with van der Waals surface area (Å²) >= 11 is 0. The van der Waals surface area contributed by atoms with E-state index in [0.29, 0.717) is 24.1 Å². The van der Waals surface area contributed by atoms with Crippen molar-refractivity contribution in [1.82, 2.24) is 9.97 Å². The number of benzene rings is 1. The molecule has 5 aliphatic rings. The predicted octanol–water partition coefficient (Wildman–Crippen LogP) is 1.42. The zero-order valence-corrected chi connectivity index (χ0v) is 21.4. The smallest absolute Gasteiger partial charge is 0.227 e. The minimum absolute atomic E-state index is 0.0993. The second-order valence-electron chi connectivity index (χ2n) is 11.2. The molecule has 7 rings (SSSR count). The van der Waals surface area contributed by atoms with Gasteiger partial charge in [0.1, 0.15) is 10.7 Å². The molecule has 3 atom stereocenters. The third kappa shape index (κ3) is 3.72. The first-order valence-electron chi connectivity index (χ1n) is 13.2. The Bertz CT molecular complexity index is 1260. The van der Waals surface area contributed by atoms with E-state index in [2.05, 4.69) is 38.3 Å². The number of hydrogen-bond acceptors (Lipinski definition) is 7. The van der Waals surface area contributed by atoms with Crippen LogP contribution in [0, 0.1) is 11.8 Å². The maximum Gasteiger partial charge on any atom is 0.227 e. The van der Waals surface area contributed by atoms with Crippen LogP contribution in [0.1, 0.15) is 36.1 Å². The molecule has 0 radical (unpaired) electrons. The maximum absolute atomic E-state index is 12.9. The standard InChI is InChI=1S/C26H34N8OS/c27-24(28)29-15-26(7-1-8-26)32-23-22-21(6-9-36(22)35)30-25(31-23)34-13-18-11-33(12-19(18)14-34)20-5-4-16-2-3-17(16)10-20/h4-5,10,18-19H,1-3,6-9,11-15H2,(H4,27,28,29)(H,30,31,32). The Morgan fingerprint density at radius 2 is 1.81 bits per heavy atom. The number of hydrogen-bond donors (Lipinski definition) is 3. The molecule has 3 unspecified atom stereocenters. The molecule has 3 fully saturated rings. The van der Waals surface area contributed by atoms with Crippen LogP contribution in [-0.4, -0.2) is 64.2 Å². The number of anilines is 3. The summed E-state index contributed by atoms with van der Waals surface area (Å²) in [5.74, 6) is 3.42. The number of nitrogens with zero attached hydrogens (tertiary/aromatic N) is 5. The van der Waals surface area contributed by atoms with Crippen LogP contribution < -0.4 is 26.6 Å². The highest BCUT2D eigenvalue weighted by Crippen LogP contribution is 2.41. The molecule has 9 nitrogen and oxygen atoms in total. The van der Waals surface area contributed by atoms with Gasteiger partial charge < -0.3 is 26.6 Å². The Hall–Kier alpha value is -2.88. The summed E-state index contributed by atoms with van der Waals surface area (Å²) in [4.78, 5) is 19.9. The third-order valence-electron chi connectivity index (χ3n) is 8.92. The van der Waals surface area contributed by atoms with Gasteiger partial charge in [-0.05, 0) is 55.4 Å². The zero-order valence-electron chi connectivity index (χ0n) is 20.6. The van der Waals surface area contributed by atoms with Crippen LogP contribution in [-0.2, 0) is 30.1 Å². The van der Waals surface area contributed by atoms with Crippen LogP contribution in [0.25, 0.3) is 0 Å². The van der Waals surface area contributed by atoms with E-state index in [1.807, 2.05) is 0 Å². The van der Waals surface area contributed by atoms with Gasteiger partial charge in [-0.25, -0.2) is 4.98 Å². The topological polar surface area (TPSA) is 126 Å². The summed E-state index contributed by atoms with van der Waals surface area (Å²) < 4.78 is 12.9. The fourth-order valence-electron chi connectivity index (χ4n) is 6.58. The average molecular weight is 507 g/mol. The monoisotopic (exact) mass is 506 g/mol. The summed E-state index contributed by atoms with van der Waals surface area (Å²) in [6, 6.07) is 7.02. The summed E-state index contributed by atoms with van der Waals surface area (Å²) in [6.07, 6.45) is 6.25. The lowest BCUT2D eigenvalue weighted by molar-refractivity contribution is 0.286. The highest BCUT2D eigenvalue weighted by Gasteiger charge is 2.43. The summed E-state index contributed by atoms with van der Waals surface area (Å²) in [6.45, 7) is 4.60. The fourth-order valence-corrected chi connectivity index (χ4v) is 7.88. The van der Waals surface area contributed by atoms with E-state index < -0.39 is 10.8 Å². The Morgan fingerprint density at radius 1 is 1.06 bits per heavy atom. The quantitative estimate of drug-likeness (QED) is 0.397. The van der Waals surface area contributed by atoms with Crippen molar-refractivity contribution in [3.8, 4) is 0 Å². The number of aryl methyl sites for hydroxylation is 3. The Kier molecular flexibility index (Phi) is 5.16. The fraction of sp³-hybridized carbons (Fsp3) is 0.577. The molecule has 0 spiro atoms. The molecule has 2 saturated heterocycles. The van der Waals surface area contributed by atoms with Crippen molar-refractivity contribution in [1.29, 1.82) is 0 Å². The van der Waals surface area contributed by atoms with Crippen LogP contribution in [0.3, 0.4) is 0 Å². The average Bonchev–Trinajstić information content (AvgIpc) is 3.49. The van der Waals surface area contributed by atoms with Gasteiger partial charge in [-0.1, -0.05) is 6.07 Å². The molecule has 10 heteroatoms. The molecule has 1 aromatic heterocycles. The van der Waals surface area contributed by atoms with Crippen molar-refractivity contribution in [2.24, 2.45) is 28.3 Å². The Morgan fingerprint density at radius 3 is 2.44 bits per heavy atom. The first-order chi connectivity index (χ1) is 17.5. The van der Waals surface area contributed by atoms with Crippen molar-refractivity contribution in [3.63, 3.8) is 0 Å². The van der Waals surface area contributed by atoms with Gasteiger partial charge in [-0.2, -0.15) is 4.98 Å². The number of guanidine groups is 1. The van der Waals surface area contributed by atoms with E-state index in [0.717, 1.165) is 74.2 Å². The molecule has 0 bridgehead atoms. The molecule has 190 valence electrons. The first-order valence-corrected chi connectivity index (χ1v) is 14.5. The Labute approximate surface area is 214 Å². The lowest BCUT2D eigenvalue weighted by Gasteiger charge is -2.42. The third-order valence-corrected chi connectivity index (χ3v) is 10.4. The van der Waals surface area contributed by atoms with Crippen molar-refractivity contribution in [2.75, 3.05) is 53.6 Å². The molecule has 2 aromatic rings. The number of aliphatic imine (C=N–C) groups is 1. The van der Waals surface area contributed by atoms with Crippen LogP contribution in [0.2, 0.25) is 0 Å². The van der Waals surface area contributed by atoms with Crippen molar-refractivity contribution < 1.29 is 4.21 Å². The Balaban J connectivity index is 1.11. The molecule has 36 heavy (non-hydrogen) atoms. The number of nitrogens with one attached hydrogen (secondary N) is 1. The molecular weight excluding hydrogens is 472 g/mol. The molecule has 1 saturated carbocycles. The van der Waals surface area contributed by atoms with E-state index in [1.54, 1.807) is 0 Å². The number of rotatable bonds is 6. The lowest BCUT2D eigenvalue weighted by Crippen LogP contribution is -2.49. The van der Waals surface area contributed by atoms with Gasteiger partial charge in [0.2, 0.25) is 5.95 Å². The zero-order chi connectivity index (χ0) is 24.4. The second-order valence-corrected chi connectivity index (χ2v) is 12.7. The molecule has 0 amide bonds. The van der Waals surface area contributed by atoms with Gasteiger partial charge >= 0.3 is 0 Å². The largest absolute Gasteiger partial charge is 0.371 e. The van der Waals surface area contributed by atoms with Crippen molar-refractivity contribution in [3.05, 3.63) is 35.0 Å². The molecule has 4 heterocycles. The number of aromatic nitrogens is 2. The maximum atomic E-state index is 12.9. The van der Waals surface area contributed by atoms with Gasteiger partial charge in [-0.15, -0.1) is 0 Å². The van der Waals surface area contributed by atoms with E-state index >= 15 is 0 Å². The number of nitrogens with two attached hydrogens (primary N) is 2. The van der Waals surface area contributed by atoms with Crippen molar-refractivity contribution >= 4 is 34.2 Å². The minimum atomic E-state index is -1.07. The highest BCUT2D eigenvalue weighted by atomic mass is 32.2. The van der Waals surface area contributed by atoms with E-state index in [4.69, 9.17) is 21.4 Å². The molecule has 2 aliphatic carbocycles. The summed E-state index contributed by atoms with van der Waals surface area (Å²) in [5, 5.41) is 3.64. The van der Waals surface area contributed by atoms with Gasteiger partial charge in [0, 0.05) is 55.9 Å². The summed E-state index contributed by atoms with van der Waals surface area (Å²) in [5.41, 5.74) is 16.4. The normalized spacial score (nSPS) is 27.1. The van der Waals surface area contributed by atoms with E-state index in [-0.39, 0.29) is 11.5 Å². The SMILES string of the molecule is NC(N)=NCC1(Nc2nc(N3CC4CN(c5ccc6c(c5)CC6)CC4C3)nc3c2S(=O)CC3)CCC1. The molecule has 5 N–H and O–H groups in total. The highest BCUT2D eigenvalue weighted by molar-refractivity contribution is 7.85. The number of fused-ring (bicyclic) bond motifs is 3. The lowest BCUT2D eigenvalue weighted by atomic mass is 9.76. The van der Waals surface area contributed by atoms with Crippen molar-refractivity contribution in [2.45, 2.75) is 49.0 Å². The van der Waals surface area contributed by atoms with E-state index in [1.165, 1.54) is 29.7 Å². The first kappa shape index (κ1) is 22.3. The van der Waals surface area contributed by atoms with Crippen LogP contribution in [0.15, 0.2) is 28.1 Å². The predicted molar refractivity (Wildman–Crippen MR) is 143 cm³/mol. The molecular formula is C26H34N8OS. The van der Waals surface area contributed by atoms with Crippen LogP contribution in [0.5, 0.6) is 0 Å². The van der Waals surface area contributed by atoms with Gasteiger partial charge in [0.05, 0.1) is 28.6 Å². The summed E-state index contributed by atoms with van der Waals surface area (Å²) in [7, 11) is -1.07. The molecule has 3 aliphatic heterocycles. The van der Waals surface area contributed by atoms with E-state index in [9.17, 15) is 4.21 Å². The van der Waals surface area contributed by atoms with Crippen LogP contribution >= 0.6 is 0 Å². The van der Waals surface area contributed by atoms with Gasteiger partial charge in [-0.3, -0.25) is 9.20 Å². The second kappa shape index (κ2) is 8.33. The van der Waals surface area contributed by atoms with Gasteiger partial charge in [0.25, 0.3) is 0 Å². The molecule has 1 aromatic carbocycles. The minimum Gasteiger partial charge on any atom is -0.371 e.